The van der Waals surface area contributed by atoms with Gasteiger partial charge in [-0.05, 0) is 55.5 Å². The third kappa shape index (κ3) is 5.24. The zero-order chi connectivity index (χ0) is 18.6. The average molecular weight is 379 g/mol. The lowest BCUT2D eigenvalue weighted by molar-refractivity contribution is -0.114. The maximum absolute atomic E-state index is 12.4. The minimum atomic E-state index is -3.59. The van der Waals surface area contributed by atoms with Crippen molar-refractivity contribution in [2.24, 2.45) is 0 Å². The molecule has 0 atom stereocenters. The van der Waals surface area contributed by atoms with Crippen LogP contribution in [0, 0.1) is 13.8 Å². The molecule has 0 aromatic heterocycles. The van der Waals surface area contributed by atoms with Gasteiger partial charge in [-0.2, -0.15) is 0 Å². The Balaban J connectivity index is 2.25. The summed E-state index contributed by atoms with van der Waals surface area (Å²) in [5.41, 5.74) is 3.12. The van der Waals surface area contributed by atoms with Crippen LogP contribution in [0.5, 0.6) is 0 Å². The van der Waals surface area contributed by atoms with Crippen molar-refractivity contribution in [3.8, 4) is 0 Å². The van der Waals surface area contributed by atoms with E-state index in [4.69, 9.17) is 0 Å². The summed E-state index contributed by atoms with van der Waals surface area (Å²) >= 11 is 1.51. The van der Waals surface area contributed by atoms with Crippen molar-refractivity contribution in [3.63, 3.8) is 0 Å². The van der Waals surface area contributed by atoms with Crippen molar-refractivity contribution in [1.29, 1.82) is 0 Å². The van der Waals surface area contributed by atoms with Gasteiger partial charge in [-0.3, -0.25) is 9.10 Å². The molecule has 0 heterocycles. The highest BCUT2D eigenvalue weighted by atomic mass is 32.2. The molecule has 0 aliphatic rings. The van der Waals surface area contributed by atoms with Gasteiger partial charge in [0.05, 0.1) is 11.9 Å². The number of amides is 1. The van der Waals surface area contributed by atoms with E-state index >= 15 is 0 Å². The Bertz CT molecular complexity index is 880. The van der Waals surface area contributed by atoms with Crippen LogP contribution in [0.2, 0.25) is 0 Å². The van der Waals surface area contributed by atoms with Gasteiger partial charge in [-0.25, -0.2) is 8.42 Å². The second-order valence-electron chi connectivity index (χ2n) is 5.84. The lowest BCUT2D eigenvalue weighted by Gasteiger charge is -2.22. The molecule has 1 N–H and O–H groups in total. The first-order chi connectivity index (χ1) is 11.7. The van der Waals surface area contributed by atoms with Crippen LogP contribution in [-0.4, -0.2) is 33.4 Å². The third-order valence-corrected chi connectivity index (χ3v) is 5.56. The number of thioether (sulfide) groups is 1. The molecule has 25 heavy (non-hydrogen) atoms. The van der Waals surface area contributed by atoms with Gasteiger partial charge in [0, 0.05) is 10.6 Å². The van der Waals surface area contributed by atoms with E-state index in [0.29, 0.717) is 11.4 Å². The Hall–Kier alpha value is -1.99. The fourth-order valence-electron chi connectivity index (χ4n) is 2.36. The molecule has 0 aliphatic carbocycles. The second kappa shape index (κ2) is 7.93. The van der Waals surface area contributed by atoms with Crippen LogP contribution in [0.1, 0.15) is 11.1 Å². The minimum Gasteiger partial charge on any atom is -0.324 e. The number of carbonyl (C=O) groups is 1. The molecule has 0 aliphatic heterocycles. The zero-order valence-corrected chi connectivity index (χ0v) is 16.4. The van der Waals surface area contributed by atoms with Crippen LogP contribution in [0.25, 0.3) is 0 Å². The first-order valence-electron chi connectivity index (χ1n) is 7.69. The molecule has 2 aromatic rings. The predicted molar refractivity (Wildman–Crippen MR) is 105 cm³/mol. The number of anilines is 2. The maximum Gasteiger partial charge on any atom is 0.245 e. The molecule has 134 valence electrons. The van der Waals surface area contributed by atoms with E-state index in [1.807, 2.05) is 44.4 Å². The first kappa shape index (κ1) is 19.3. The highest BCUT2D eigenvalue weighted by Gasteiger charge is 2.21. The summed E-state index contributed by atoms with van der Waals surface area (Å²) in [4.78, 5) is 13.4. The molecular weight excluding hydrogens is 356 g/mol. The van der Waals surface area contributed by atoms with E-state index in [2.05, 4.69) is 5.32 Å². The van der Waals surface area contributed by atoms with Gasteiger partial charge in [0.25, 0.3) is 0 Å². The topological polar surface area (TPSA) is 66.5 Å². The Labute approximate surface area is 153 Å². The van der Waals surface area contributed by atoms with Gasteiger partial charge < -0.3 is 5.32 Å². The number of benzene rings is 2. The molecule has 7 heteroatoms. The first-order valence-corrected chi connectivity index (χ1v) is 10.8. The summed E-state index contributed by atoms with van der Waals surface area (Å²) in [6.07, 6.45) is 3.01. The number of aryl methyl sites for hydroxylation is 2. The summed E-state index contributed by atoms with van der Waals surface area (Å²) in [6, 6.07) is 12.9. The number of hydrogen-bond donors (Lipinski definition) is 1. The van der Waals surface area contributed by atoms with E-state index in [-0.39, 0.29) is 12.5 Å². The number of nitrogens with zero attached hydrogens (tertiary/aromatic N) is 1. The fourth-order valence-corrected chi connectivity index (χ4v) is 3.66. The van der Waals surface area contributed by atoms with Gasteiger partial charge in [0.1, 0.15) is 6.54 Å². The van der Waals surface area contributed by atoms with Gasteiger partial charge in [0.2, 0.25) is 15.9 Å². The van der Waals surface area contributed by atoms with Gasteiger partial charge in [-0.1, -0.05) is 18.2 Å². The Kier molecular flexibility index (Phi) is 6.13. The van der Waals surface area contributed by atoms with E-state index in [9.17, 15) is 13.2 Å². The van der Waals surface area contributed by atoms with Crippen molar-refractivity contribution >= 4 is 39.1 Å². The Morgan fingerprint density at radius 1 is 1.16 bits per heavy atom. The van der Waals surface area contributed by atoms with Crippen LogP contribution in [-0.2, 0) is 14.8 Å². The van der Waals surface area contributed by atoms with E-state index in [1.54, 1.807) is 18.2 Å². The lowest BCUT2D eigenvalue weighted by atomic mass is 10.1. The smallest absolute Gasteiger partial charge is 0.245 e. The van der Waals surface area contributed by atoms with Crippen LogP contribution < -0.4 is 9.62 Å². The molecule has 0 fully saturated rings. The summed E-state index contributed by atoms with van der Waals surface area (Å²) in [6.45, 7) is 3.56. The SMILES string of the molecule is CSc1cccc(N(CC(=O)Nc2cc(C)ccc2C)S(C)(=O)=O)c1. The van der Waals surface area contributed by atoms with Gasteiger partial charge in [-0.15, -0.1) is 11.8 Å². The predicted octanol–water partition coefficient (Wildman–Crippen LogP) is 3.43. The molecule has 0 unspecified atom stereocenters. The minimum absolute atomic E-state index is 0.274. The molecule has 0 saturated heterocycles. The quantitative estimate of drug-likeness (QED) is 0.782. The van der Waals surface area contributed by atoms with Crippen LogP contribution >= 0.6 is 11.8 Å². The lowest BCUT2D eigenvalue weighted by Crippen LogP contribution is -2.37. The Morgan fingerprint density at radius 3 is 2.52 bits per heavy atom. The molecule has 2 aromatic carbocycles. The van der Waals surface area contributed by atoms with Crippen LogP contribution in [0.4, 0.5) is 11.4 Å². The highest BCUT2D eigenvalue weighted by Crippen LogP contribution is 2.24. The number of sulfonamides is 1. The van der Waals surface area contributed by atoms with E-state index in [1.165, 1.54) is 11.8 Å². The molecule has 5 nitrogen and oxygen atoms in total. The van der Waals surface area contributed by atoms with Crippen molar-refractivity contribution in [2.45, 2.75) is 18.7 Å². The van der Waals surface area contributed by atoms with E-state index in [0.717, 1.165) is 26.6 Å². The zero-order valence-electron chi connectivity index (χ0n) is 14.7. The molecule has 0 saturated carbocycles. The summed E-state index contributed by atoms with van der Waals surface area (Å²) in [5.74, 6) is -0.381. The molecule has 1 amide bonds. The molecule has 0 radical (unpaired) electrons. The van der Waals surface area contributed by atoms with E-state index < -0.39 is 10.0 Å². The fraction of sp³-hybridized carbons (Fsp3) is 0.278. The maximum atomic E-state index is 12.4. The van der Waals surface area contributed by atoms with Crippen molar-refractivity contribution in [3.05, 3.63) is 53.6 Å². The largest absolute Gasteiger partial charge is 0.324 e. The summed E-state index contributed by atoms with van der Waals surface area (Å²) in [7, 11) is -3.59. The monoisotopic (exact) mass is 378 g/mol. The molecule has 0 bridgehead atoms. The third-order valence-electron chi connectivity index (χ3n) is 3.70. The molecular formula is C18H22N2O3S2. The summed E-state index contributed by atoms with van der Waals surface area (Å²) < 4.78 is 25.5. The van der Waals surface area contributed by atoms with Crippen molar-refractivity contribution < 1.29 is 13.2 Å². The highest BCUT2D eigenvalue weighted by molar-refractivity contribution is 7.98. The van der Waals surface area contributed by atoms with Crippen molar-refractivity contribution in [2.75, 3.05) is 28.7 Å². The number of carbonyl (C=O) groups excluding carboxylic acids is 1. The van der Waals surface area contributed by atoms with Gasteiger partial charge in [0.15, 0.2) is 0 Å². The number of nitrogens with one attached hydrogen (secondary N) is 1. The molecule has 2 rings (SSSR count). The Morgan fingerprint density at radius 2 is 1.88 bits per heavy atom. The average Bonchev–Trinajstić information content (AvgIpc) is 2.55. The standard InChI is InChI=1S/C18H22N2O3S2/c1-13-8-9-14(2)17(10-13)19-18(21)12-20(25(4,22)23)15-6-5-7-16(11-15)24-3/h5-11H,12H2,1-4H3,(H,19,21). The van der Waals surface area contributed by atoms with Gasteiger partial charge >= 0.3 is 0 Å². The van der Waals surface area contributed by atoms with Crippen LogP contribution in [0.3, 0.4) is 0 Å². The van der Waals surface area contributed by atoms with Crippen LogP contribution in [0.15, 0.2) is 47.4 Å². The normalized spacial score (nSPS) is 11.2. The summed E-state index contributed by atoms with van der Waals surface area (Å²) in [5, 5.41) is 2.80. The number of rotatable bonds is 6. The molecule has 0 spiro atoms. The second-order valence-corrected chi connectivity index (χ2v) is 8.62. The number of hydrogen-bond acceptors (Lipinski definition) is 4. The van der Waals surface area contributed by atoms with Crippen molar-refractivity contribution in [1.82, 2.24) is 0 Å².